The van der Waals surface area contributed by atoms with Gasteiger partial charge in [0.15, 0.2) is 5.78 Å². The fourth-order valence-corrected chi connectivity index (χ4v) is 1.24. The zero-order chi connectivity index (χ0) is 13.6. The highest BCUT2D eigenvalue weighted by Crippen LogP contribution is 2.02. The Bertz CT molecular complexity index is 268. The summed E-state index contributed by atoms with van der Waals surface area (Å²) in [6.45, 7) is 2.23. The van der Waals surface area contributed by atoms with Crippen LogP contribution in [0.15, 0.2) is 0 Å². The van der Waals surface area contributed by atoms with Crippen LogP contribution in [0.5, 0.6) is 0 Å². The summed E-state index contributed by atoms with van der Waals surface area (Å²) in [6, 6.07) is -0.905. The molecule has 17 heavy (non-hydrogen) atoms. The van der Waals surface area contributed by atoms with Crippen molar-refractivity contribution in [3.8, 4) is 0 Å². The minimum absolute atomic E-state index is 0.222. The molecule has 0 bridgehead atoms. The number of carboxylic acid groups (broad SMARTS) is 1. The largest absolute Gasteiger partial charge is 0.480 e. The van der Waals surface area contributed by atoms with E-state index in [0.717, 1.165) is 0 Å². The molecule has 0 heterocycles. The van der Waals surface area contributed by atoms with E-state index in [1.165, 1.54) is 0 Å². The van der Waals surface area contributed by atoms with Crippen LogP contribution in [0, 0.1) is 5.92 Å². The Morgan fingerprint density at radius 3 is 2.12 bits per heavy atom. The van der Waals surface area contributed by atoms with Crippen LogP contribution in [0.3, 0.4) is 0 Å². The standard InChI is InChI=1S/C10H19NO6/c1-5(2)8(10(16)17)11-3-6(13)9(15)7(14)4-12/h5,7-9,11-12,14-15H,3-4H2,1-2H3,(H,16,17)/t7-,8+,9-/m1/s1. The van der Waals surface area contributed by atoms with Gasteiger partial charge in [-0.2, -0.15) is 0 Å². The number of Topliss-reactive ketones (excluding diaryl/α,β-unsaturated/α-hetero) is 1. The van der Waals surface area contributed by atoms with Gasteiger partial charge in [0.1, 0.15) is 18.2 Å². The van der Waals surface area contributed by atoms with Gasteiger partial charge < -0.3 is 20.4 Å². The Balaban J connectivity index is 4.26. The Kier molecular flexibility index (Phi) is 6.89. The first kappa shape index (κ1) is 16.0. The Morgan fingerprint density at radius 1 is 1.24 bits per heavy atom. The summed E-state index contributed by atoms with van der Waals surface area (Å²) in [5, 5.41) is 38.1. The average Bonchev–Trinajstić information content (AvgIpc) is 2.25. The van der Waals surface area contributed by atoms with Gasteiger partial charge in [0.25, 0.3) is 0 Å². The quantitative estimate of drug-likeness (QED) is 0.335. The summed E-state index contributed by atoms with van der Waals surface area (Å²) in [5.41, 5.74) is 0. The van der Waals surface area contributed by atoms with Crippen LogP contribution < -0.4 is 5.32 Å². The molecule has 100 valence electrons. The highest BCUT2D eigenvalue weighted by Gasteiger charge is 2.26. The molecule has 0 radical (unpaired) electrons. The van der Waals surface area contributed by atoms with E-state index in [2.05, 4.69) is 5.32 Å². The number of carboxylic acids is 1. The van der Waals surface area contributed by atoms with Gasteiger partial charge >= 0.3 is 5.97 Å². The van der Waals surface area contributed by atoms with Gasteiger partial charge in [0.05, 0.1) is 13.2 Å². The normalized spacial score (nSPS) is 16.6. The van der Waals surface area contributed by atoms with Crippen molar-refractivity contribution in [2.75, 3.05) is 13.2 Å². The van der Waals surface area contributed by atoms with E-state index >= 15 is 0 Å². The van der Waals surface area contributed by atoms with Gasteiger partial charge in [-0.15, -0.1) is 0 Å². The van der Waals surface area contributed by atoms with Crippen LogP contribution in [0.4, 0.5) is 0 Å². The van der Waals surface area contributed by atoms with Crippen LogP contribution >= 0.6 is 0 Å². The minimum atomic E-state index is -1.71. The number of hydrogen-bond acceptors (Lipinski definition) is 6. The second kappa shape index (κ2) is 7.33. The molecule has 7 heteroatoms. The smallest absolute Gasteiger partial charge is 0.320 e. The van der Waals surface area contributed by atoms with Crippen molar-refractivity contribution >= 4 is 11.8 Å². The summed E-state index contributed by atoms with van der Waals surface area (Å²) in [6.07, 6.45) is -3.26. The number of hydrogen-bond donors (Lipinski definition) is 5. The summed E-state index contributed by atoms with van der Waals surface area (Å²) >= 11 is 0. The van der Waals surface area contributed by atoms with Gasteiger partial charge in [-0.25, -0.2) is 0 Å². The molecule has 0 fully saturated rings. The maximum absolute atomic E-state index is 11.3. The predicted molar refractivity (Wildman–Crippen MR) is 58.4 cm³/mol. The average molecular weight is 249 g/mol. The van der Waals surface area contributed by atoms with Gasteiger partial charge in [0, 0.05) is 0 Å². The number of aliphatic carboxylic acids is 1. The number of rotatable bonds is 8. The van der Waals surface area contributed by atoms with Crippen molar-refractivity contribution in [3.05, 3.63) is 0 Å². The molecule has 0 aromatic rings. The number of carbonyl (C=O) groups is 2. The predicted octanol–water partition coefficient (Wildman–Crippen LogP) is -2.03. The van der Waals surface area contributed by atoms with Gasteiger partial charge in [-0.05, 0) is 5.92 Å². The number of nitrogens with one attached hydrogen (secondary N) is 1. The molecule has 0 aromatic heterocycles. The fraction of sp³-hybridized carbons (Fsp3) is 0.800. The molecule has 0 aliphatic heterocycles. The first-order valence-corrected chi connectivity index (χ1v) is 5.27. The number of ketones is 1. The lowest BCUT2D eigenvalue weighted by Gasteiger charge is -2.19. The maximum Gasteiger partial charge on any atom is 0.320 e. The number of carbonyl (C=O) groups excluding carboxylic acids is 1. The molecule has 0 aromatic carbocycles. The van der Waals surface area contributed by atoms with Gasteiger partial charge in [0.2, 0.25) is 0 Å². The van der Waals surface area contributed by atoms with Gasteiger partial charge in [-0.3, -0.25) is 14.9 Å². The van der Waals surface area contributed by atoms with E-state index in [1.807, 2.05) is 0 Å². The molecule has 0 saturated heterocycles. The lowest BCUT2D eigenvalue weighted by atomic mass is 10.0. The van der Waals surface area contributed by atoms with Crippen LogP contribution in [0.2, 0.25) is 0 Å². The Morgan fingerprint density at radius 2 is 1.76 bits per heavy atom. The van der Waals surface area contributed by atoms with Crippen molar-refractivity contribution in [3.63, 3.8) is 0 Å². The van der Waals surface area contributed by atoms with Crippen LogP contribution in [0.1, 0.15) is 13.8 Å². The summed E-state index contributed by atoms with van der Waals surface area (Å²) in [7, 11) is 0. The summed E-state index contributed by atoms with van der Waals surface area (Å²) in [4.78, 5) is 22.1. The van der Waals surface area contributed by atoms with Crippen molar-refractivity contribution in [2.24, 2.45) is 5.92 Å². The highest BCUT2D eigenvalue weighted by molar-refractivity contribution is 5.86. The lowest BCUT2D eigenvalue weighted by Crippen LogP contribution is -2.47. The van der Waals surface area contributed by atoms with Crippen molar-refractivity contribution < 1.29 is 30.0 Å². The van der Waals surface area contributed by atoms with E-state index < -0.39 is 36.6 Å². The van der Waals surface area contributed by atoms with Crippen molar-refractivity contribution in [1.82, 2.24) is 5.32 Å². The molecule has 5 N–H and O–H groups in total. The highest BCUT2D eigenvalue weighted by atomic mass is 16.4. The molecule has 0 saturated carbocycles. The van der Waals surface area contributed by atoms with E-state index in [-0.39, 0.29) is 12.5 Å². The zero-order valence-electron chi connectivity index (χ0n) is 9.83. The summed E-state index contributed by atoms with van der Waals surface area (Å²) in [5.74, 6) is -2.08. The Hall–Kier alpha value is -1.02. The third-order valence-electron chi connectivity index (χ3n) is 2.31. The molecule has 0 aliphatic carbocycles. The molecule has 0 unspecified atom stereocenters. The molecule has 0 amide bonds. The molecule has 0 spiro atoms. The molecule has 7 nitrogen and oxygen atoms in total. The van der Waals surface area contributed by atoms with Crippen LogP contribution in [0.25, 0.3) is 0 Å². The second-order valence-corrected chi connectivity index (χ2v) is 4.10. The minimum Gasteiger partial charge on any atom is -0.480 e. The van der Waals surface area contributed by atoms with E-state index in [9.17, 15) is 14.7 Å². The van der Waals surface area contributed by atoms with Crippen LogP contribution in [-0.4, -0.2) is 63.6 Å². The Labute approximate surface area is 99.1 Å². The SMILES string of the molecule is CC(C)[C@H](NCC(=O)[C@@H](O)[C@H](O)CO)C(=O)O. The third-order valence-corrected chi connectivity index (χ3v) is 2.31. The first-order valence-electron chi connectivity index (χ1n) is 5.27. The fourth-order valence-electron chi connectivity index (χ4n) is 1.24. The summed E-state index contributed by atoms with van der Waals surface area (Å²) < 4.78 is 0. The van der Waals surface area contributed by atoms with Crippen molar-refractivity contribution in [1.29, 1.82) is 0 Å². The third kappa shape index (κ3) is 5.22. The molecular weight excluding hydrogens is 230 g/mol. The topological polar surface area (TPSA) is 127 Å². The number of aliphatic hydroxyl groups is 3. The van der Waals surface area contributed by atoms with Crippen LogP contribution in [-0.2, 0) is 9.59 Å². The molecule has 0 aliphatic rings. The zero-order valence-corrected chi connectivity index (χ0v) is 9.83. The molecule has 3 atom stereocenters. The van der Waals surface area contributed by atoms with E-state index in [4.69, 9.17) is 15.3 Å². The lowest BCUT2D eigenvalue weighted by molar-refractivity contribution is -0.141. The molecular formula is C10H19NO6. The monoisotopic (exact) mass is 249 g/mol. The van der Waals surface area contributed by atoms with Crippen molar-refractivity contribution in [2.45, 2.75) is 32.1 Å². The van der Waals surface area contributed by atoms with E-state index in [0.29, 0.717) is 0 Å². The van der Waals surface area contributed by atoms with E-state index in [1.54, 1.807) is 13.8 Å². The van der Waals surface area contributed by atoms with Gasteiger partial charge in [-0.1, -0.05) is 13.8 Å². The maximum atomic E-state index is 11.3. The molecule has 0 rings (SSSR count). The first-order chi connectivity index (χ1) is 7.81. The second-order valence-electron chi connectivity index (χ2n) is 4.10. The number of aliphatic hydroxyl groups excluding tert-OH is 3.